The number of fused-ring (bicyclic) bond motifs is 4. The molecule has 7 aromatic carbocycles. The zero-order valence-electron chi connectivity index (χ0n) is 47.4. The van der Waals surface area contributed by atoms with Crippen molar-refractivity contribution in [3.05, 3.63) is 233 Å². The molecule has 4 heterocycles. The first-order valence-corrected chi connectivity index (χ1v) is 32.8. The Labute approximate surface area is 531 Å². The van der Waals surface area contributed by atoms with Crippen LogP contribution in [-0.4, -0.2) is 105 Å². The second kappa shape index (κ2) is 26.7. The molecule has 2 atom stereocenters. The number of nitrogens with one attached hydrogen (secondary N) is 2. The molecule has 0 unspecified atom stereocenters. The summed E-state index contributed by atoms with van der Waals surface area (Å²) < 4.78 is 64.5. The number of hydrogen-bond acceptors (Lipinski definition) is 13. The van der Waals surface area contributed by atoms with Gasteiger partial charge >= 0.3 is 11.9 Å². The van der Waals surface area contributed by atoms with E-state index in [-0.39, 0.29) is 85.4 Å². The van der Waals surface area contributed by atoms with Crippen molar-refractivity contribution in [2.24, 2.45) is 0 Å². The van der Waals surface area contributed by atoms with E-state index in [1.165, 1.54) is 30.3 Å². The highest BCUT2D eigenvalue weighted by Gasteiger charge is 2.33. The van der Waals surface area contributed by atoms with Gasteiger partial charge in [-0.15, -0.1) is 0 Å². The number of furan rings is 2. The second-order valence-corrected chi connectivity index (χ2v) is 27.0. The van der Waals surface area contributed by atoms with Gasteiger partial charge in [-0.1, -0.05) is 113 Å². The third-order valence-corrected chi connectivity index (χ3v) is 18.8. The molecule has 458 valence electrons. The van der Waals surface area contributed by atoms with Crippen molar-refractivity contribution in [1.82, 2.24) is 20.4 Å². The molecular weight excluding hydrogens is 1270 g/mol. The Morgan fingerprint density at radius 1 is 0.551 bits per heavy atom. The van der Waals surface area contributed by atoms with Gasteiger partial charge in [0.15, 0.2) is 19.7 Å². The molecule has 89 heavy (non-hydrogen) atoms. The number of carbonyl (C=O) groups is 6. The molecule has 0 aliphatic carbocycles. The molecule has 4 amide bonds. The van der Waals surface area contributed by atoms with Gasteiger partial charge in [-0.2, -0.15) is 0 Å². The van der Waals surface area contributed by atoms with E-state index in [1.54, 1.807) is 89.1 Å². The van der Waals surface area contributed by atoms with Gasteiger partial charge in [0, 0.05) is 73.4 Å². The molecule has 0 bridgehead atoms. The number of hydrogen-bond donors (Lipinski definition) is 3. The summed E-state index contributed by atoms with van der Waals surface area (Å²) in [6.07, 6.45) is 5.80. The number of carbonyl (C=O) groups excluding carboxylic acids is 5. The zero-order valence-corrected chi connectivity index (χ0v) is 52.1. The average Bonchev–Trinajstić information content (AvgIpc) is 2.35. The summed E-state index contributed by atoms with van der Waals surface area (Å²) in [5.74, 6) is -3.87. The van der Waals surface area contributed by atoms with Crippen LogP contribution in [-0.2, 0) is 79.4 Å². The van der Waals surface area contributed by atoms with Gasteiger partial charge in [0.2, 0.25) is 0 Å². The number of sulfone groups is 2. The lowest BCUT2D eigenvalue weighted by Gasteiger charge is -2.30. The molecule has 0 radical (unpaired) electrons. The third kappa shape index (κ3) is 14.7. The molecule has 0 fully saturated rings. The monoisotopic (exact) mass is 1320 g/mol. The Bertz CT molecular complexity index is 4540. The van der Waals surface area contributed by atoms with E-state index in [0.29, 0.717) is 81.6 Å². The molecule has 18 nitrogen and oxygen atoms in total. The first kappa shape index (κ1) is 63.5. The van der Waals surface area contributed by atoms with Crippen LogP contribution in [0.25, 0.3) is 21.9 Å². The molecule has 3 N–H and O–H groups in total. The molecule has 11 rings (SSSR count). The van der Waals surface area contributed by atoms with E-state index in [1.807, 2.05) is 42.5 Å². The number of nitrogens with zero attached hydrogens (tertiary/aromatic N) is 2. The Balaban J connectivity index is 0.000000199. The van der Waals surface area contributed by atoms with Crippen LogP contribution in [0.15, 0.2) is 171 Å². The quantitative estimate of drug-likeness (QED) is 0.0761. The van der Waals surface area contributed by atoms with E-state index < -0.39 is 55.5 Å². The minimum absolute atomic E-state index is 0.00845. The predicted octanol–water partition coefficient (Wildman–Crippen LogP) is 11.2. The highest BCUT2D eigenvalue weighted by atomic mass is 35.5. The molecule has 0 spiro atoms. The maximum atomic E-state index is 13.8. The van der Waals surface area contributed by atoms with E-state index in [9.17, 15) is 50.7 Å². The fourth-order valence-electron chi connectivity index (χ4n) is 10.6. The van der Waals surface area contributed by atoms with Gasteiger partial charge in [-0.05, 0) is 125 Å². The number of aliphatic carboxylic acids is 1. The van der Waals surface area contributed by atoms with Gasteiger partial charge in [0.05, 0.1) is 53.5 Å². The summed E-state index contributed by atoms with van der Waals surface area (Å²) in [5.41, 5.74) is 6.51. The fourth-order valence-corrected chi connectivity index (χ4v) is 13.5. The SMILES string of the molecule is CS(=O)(=O)c1cccc(C[C@H](NC(=O)c2c(Cl)cc3c(c2Cl)CCN(C(=O)c2ccc4ccoc4c2)C3)C(=O)O)c1.CS(=O)(=O)c1cccc(C[C@H](NC(=O)c2c(Cl)cc3c(c2Cl)CCN(C(=O)c2ccc4ccoc4c2)C3)C(=O)OCc2ccccc2)c1. The highest BCUT2D eigenvalue weighted by molar-refractivity contribution is 7.91. The first-order valence-electron chi connectivity index (χ1n) is 27.6. The maximum absolute atomic E-state index is 13.8. The summed E-state index contributed by atoms with van der Waals surface area (Å²) in [7, 11) is -7.01. The predicted molar refractivity (Wildman–Crippen MR) is 335 cm³/mol. The number of esters is 1. The molecular formula is C65H54Cl4N4O14S2. The fraction of sp³-hybridized carbons (Fsp3) is 0.200. The lowest BCUT2D eigenvalue weighted by Crippen LogP contribution is -2.43. The number of ether oxygens (including phenoxy) is 1. The maximum Gasteiger partial charge on any atom is 0.329 e. The zero-order chi connectivity index (χ0) is 63.5. The van der Waals surface area contributed by atoms with Crippen molar-refractivity contribution >= 4 is 124 Å². The van der Waals surface area contributed by atoms with Gasteiger partial charge in [0.1, 0.15) is 29.9 Å². The smallest absolute Gasteiger partial charge is 0.329 e. The van der Waals surface area contributed by atoms with Crippen molar-refractivity contribution in [2.75, 3.05) is 25.6 Å². The Hall–Kier alpha value is -8.50. The second-order valence-electron chi connectivity index (χ2n) is 21.4. The Morgan fingerprint density at radius 2 is 0.989 bits per heavy atom. The number of carboxylic acid groups (broad SMARTS) is 1. The van der Waals surface area contributed by atoms with Crippen LogP contribution in [0.5, 0.6) is 0 Å². The van der Waals surface area contributed by atoms with Crippen molar-refractivity contribution in [3.8, 4) is 0 Å². The van der Waals surface area contributed by atoms with Crippen molar-refractivity contribution in [3.63, 3.8) is 0 Å². The van der Waals surface area contributed by atoms with Crippen LogP contribution in [0.2, 0.25) is 20.1 Å². The lowest BCUT2D eigenvalue weighted by atomic mass is 9.95. The number of carboxylic acids is 1. The van der Waals surface area contributed by atoms with Crippen LogP contribution >= 0.6 is 46.4 Å². The number of benzene rings is 7. The van der Waals surface area contributed by atoms with Crippen LogP contribution in [0.3, 0.4) is 0 Å². The Morgan fingerprint density at radius 3 is 1.44 bits per heavy atom. The minimum atomic E-state index is -3.51. The summed E-state index contributed by atoms with van der Waals surface area (Å²) in [6.45, 7) is 1.13. The van der Waals surface area contributed by atoms with Crippen LogP contribution in [0.1, 0.15) is 80.4 Å². The van der Waals surface area contributed by atoms with Gasteiger partial charge in [-0.3, -0.25) is 19.2 Å². The summed E-state index contributed by atoms with van der Waals surface area (Å²) >= 11 is 26.6. The standard InChI is InChI=1S/C36H30Cl2N2O7S.C29H24Cl2N2O7S/c1-48(44,45)27-9-5-8-23(16-27)17-30(36(43)47-21-22-6-3-2-4-7-22)39-34(41)32-29(37)18-26-20-40(14-12-28(26)33(32)38)35(42)25-11-10-24-13-15-46-31(24)19-25;1-41(38,39)20-4-2-3-16(11-20)12-23(29(36)37)32-27(34)25-22(30)13-19-15-33(9-7-21(19)26(25)31)28(35)18-6-5-17-8-10-40-24(17)14-18/h2-11,13,15-16,18-19,30H,12,14,17,20-21H2,1H3,(H,39,41);2-6,8,10-11,13-14,23H,7,9,12,15H2,1H3,(H,32,34)(H,36,37)/t30-;23-/m00/s1. The Kier molecular flexibility index (Phi) is 19.0. The largest absolute Gasteiger partial charge is 0.480 e. The van der Waals surface area contributed by atoms with Crippen molar-refractivity contribution in [2.45, 2.75) is 67.3 Å². The molecule has 9 aromatic rings. The molecule has 0 saturated carbocycles. The molecule has 2 aromatic heterocycles. The van der Waals surface area contributed by atoms with Crippen LogP contribution < -0.4 is 10.6 Å². The van der Waals surface area contributed by atoms with Crippen LogP contribution in [0.4, 0.5) is 0 Å². The molecule has 24 heteroatoms. The summed E-state index contributed by atoms with van der Waals surface area (Å²) in [6, 6.07) is 35.9. The van der Waals surface area contributed by atoms with E-state index in [0.717, 1.165) is 28.8 Å². The van der Waals surface area contributed by atoms with E-state index in [2.05, 4.69) is 10.6 Å². The van der Waals surface area contributed by atoms with Crippen LogP contribution in [0, 0.1) is 0 Å². The summed E-state index contributed by atoms with van der Waals surface area (Å²) in [4.78, 5) is 82.4. The van der Waals surface area contributed by atoms with Crippen molar-refractivity contribution in [1.29, 1.82) is 0 Å². The normalized spacial score (nSPS) is 13.7. The lowest BCUT2D eigenvalue weighted by molar-refractivity contribution is -0.147. The highest BCUT2D eigenvalue weighted by Crippen LogP contribution is 2.37. The third-order valence-electron chi connectivity index (χ3n) is 15.2. The summed E-state index contributed by atoms with van der Waals surface area (Å²) in [5, 5.41) is 17.0. The van der Waals surface area contributed by atoms with E-state index in [4.69, 9.17) is 60.0 Å². The van der Waals surface area contributed by atoms with E-state index >= 15 is 0 Å². The minimum Gasteiger partial charge on any atom is -0.480 e. The topological polar surface area (TPSA) is 257 Å². The number of rotatable bonds is 16. The average molecular weight is 1320 g/mol. The van der Waals surface area contributed by atoms with Gasteiger partial charge in [-0.25, -0.2) is 26.4 Å². The van der Waals surface area contributed by atoms with Gasteiger partial charge < -0.3 is 39.1 Å². The number of halogens is 4. The van der Waals surface area contributed by atoms with Gasteiger partial charge in [0.25, 0.3) is 23.6 Å². The molecule has 2 aliphatic rings. The molecule has 2 aliphatic heterocycles. The first-order chi connectivity index (χ1) is 42.4. The molecule has 0 saturated heterocycles. The van der Waals surface area contributed by atoms with Crippen molar-refractivity contribution < 1.29 is 64.3 Å². The number of amides is 4.